The molecule has 2 amide bonds. The first-order valence-electron chi connectivity index (χ1n) is 8.34. The van der Waals surface area contributed by atoms with Gasteiger partial charge in [-0.3, -0.25) is 14.5 Å². The van der Waals surface area contributed by atoms with Gasteiger partial charge in [0.15, 0.2) is 0 Å². The van der Waals surface area contributed by atoms with E-state index in [1.165, 1.54) is 7.11 Å². The summed E-state index contributed by atoms with van der Waals surface area (Å²) in [6.45, 7) is 0.0314. The average Bonchev–Trinajstić information content (AvgIpc) is 2.99. The molecular weight excluding hydrogens is 380 g/mol. The molecule has 1 N–H and O–H groups in total. The summed E-state index contributed by atoms with van der Waals surface area (Å²) < 4.78 is 9.90. The van der Waals surface area contributed by atoms with Crippen molar-refractivity contribution < 1.29 is 23.9 Å². The molecule has 0 atom stereocenters. The Labute approximate surface area is 166 Å². The Morgan fingerprint density at radius 3 is 2.50 bits per heavy atom. The van der Waals surface area contributed by atoms with Gasteiger partial charge in [-0.15, -0.1) is 0 Å². The first-order valence-corrected chi connectivity index (χ1v) is 9.15. The lowest BCUT2D eigenvalue weighted by Gasteiger charge is -2.16. The normalized spacial score (nSPS) is 15.1. The highest BCUT2D eigenvalue weighted by Gasteiger charge is 2.34. The number of amides is 2. The van der Waals surface area contributed by atoms with Crippen LogP contribution in [0.1, 0.15) is 15.9 Å². The number of methoxy groups -OCH3 is 2. The van der Waals surface area contributed by atoms with E-state index < -0.39 is 5.97 Å². The van der Waals surface area contributed by atoms with Gasteiger partial charge in [0.2, 0.25) is 0 Å². The number of ether oxygens (including phenoxy) is 2. The van der Waals surface area contributed by atoms with Crippen molar-refractivity contribution in [3.8, 4) is 5.75 Å². The van der Waals surface area contributed by atoms with Gasteiger partial charge >= 0.3 is 5.97 Å². The van der Waals surface area contributed by atoms with Gasteiger partial charge in [0.1, 0.15) is 5.75 Å². The Hall–Kier alpha value is -3.26. The van der Waals surface area contributed by atoms with Gasteiger partial charge in [-0.25, -0.2) is 4.79 Å². The van der Waals surface area contributed by atoms with E-state index in [-0.39, 0.29) is 17.8 Å². The molecule has 144 valence electrons. The number of anilines is 1. The fraction of sp³-hybridized carbons (Fsp3) is 0.150. The van der Waals surface area contributed by atoms with E-state index in [0.29, 0.717) is 27.5 Å². The molecule has 0 aromatic heterocycles. The van der Waals surface area contributed by atoms with Crippen molar-refractivity contribution in [1.82, 2.24) is 4.90 Å². The standard InChI is InChI=1S/C20H18N2O5S/c1-26-16-6-4-3-5-15(16)21-12-22-18(23)17(28-20(22)25)11-13-7-9-14(10-8-13)19(24)27-2/h3-11,21H,12H2,1-2H3/b17-11-. The fourth-order valence-electron chi connectivity index (χ4n) is 2.58. The lowest BCUT2D eigenvalue weighted by molar-refractivity contribution is -0.122. The quantitative estimate of drug-likeness (QED) is 0.588. The minimum absolute atomic E-state index is 0.0314. The van der Waals surface area contributed by atoms with Gasteiger partial charge < -0.3 is 14.8 Å². The zero-order valence-electron chi connectivity index (χ0n) is 15.3. The van der Waals surface area contributed by atoms with E-state index in [0.717, 1.165) is 16.7 Å². The number of thioether (sulfide) groups is 1. The minimum atomic E-state index is -0.436. The summed E-state index contributed by atoms with van der Waals surface area (Å²) in [6.07, 6.45) is 1.62. The maximum absolute atomic E-state index is 12.6. The molecule has 2 aromatic carbocycles. The van der Waals surface area contributed by atoms with Crippen molar-refractivity contribution in [2.24, 2.45) is 0 Å². The predicted molar refractivity (Wildman–Crippen MR) is 107 cm³/mol. The topological polar surface area (TPSA) is 84.9 Å². The van der Waals surface area contributed by atoms with Crippen molar-refractivity contribution in [1.29, 1.82) is 0 Å². The maximum Gasteiger partial charge on any atom is 0.337 e. The first kappa shape index (κ1) is 19.5. The SMILES string of the molecule is COC(=O)c1ccc(/C=C2\SC(=O)N(CNc3ccccc3OC)C2=O)cc1. The molecule has 1 fully saturated rings. The summed E-state index contributed by atoms with van der Waals surface area (Å²) in [6, 6.07) is 13.8. The molecule has 1 saturated heterocycles. The molecule has 1 aliphatic heterocycles. The number of hydrogen-bond acceptors (Lipinski definition) is 7. The molecule has 1 aliphatic rings. The van der Waals surface area contributed by atoms with E-state index in [1.807, 2.05) is 12.1 Å². The van der Waals surface area contributed by atoms with E-state index in [1.54, 1.807) is 49.6 Å². The van der Waals surface area contributed by atoms with Gasteiger partial charge in [-0.05, 0) is 47.7 Å². The summed E-state index contributed by atoms with van der Waals surface area (Å²) in [5, 5.41) is 2.69. The Morgan fingerprint density at radius 1 is 1.11 bits per heavy atom. The van der Waals surface area contributed by atoms with Crippen LogP contribution in [0.2, 0.25) is 0 Å². The van der Waals surface area contributed by atoms with Crippen LogP contribution in [0, 0.1) is 0 Å². The predicted octanol–water partition coefficient (Wildman–Crippen LogP) is 3.59. The Kier molecular flexibility index (Phi) is 6.00. The number of benzene rings is 2. The van der Waals surface area contributed by atoms with Crippen molar-refractivity contribution in [2.45, 2.75) is 0 Å². The van der Waals surface area contributed by atoms with Crippen LogP contribution in [0.3, 0.4) is 0 Å². The van der Waals surface area contributed by atoms with Gasteiger partial charge in [0.05, 0.1) is 37.0 Å². The monoisotopic (exact) mass is 398 g/mol. The minimum Gasteiger partial charge on any atom is -0.495 e. The lowest BCUT2D eigenvalue weighted by Crippen LogP contribution is -2.33. The number of nitrogens with zero attached hydrogens (tertiary/aromatic N) is 1. The van der Waals surface area contributed by atoms with Crippen molar-refractivity contribution in [3.63, 3.8) is 0 Å². The number of rotatable bonds is 6. The smallest absolute Gasteiger partial charge is 0.337 e. The lowest BCUT2D eigenvalue weighted by atomic mass is 10.1. The highest BCUT2D eigenvalue weighted by Crippen LogP contribution is 2.32. The van der Waals surface area contributed by atoms with Crippen LogP contribution in [-0.2, 0) is 9.53 Å². The molecular formula is C20H18N2O5S. The zero-order valence-corrected chi connectivity index (χ0v) is 16.1. The Bertz CT molecular complexity index is 940. The summed E-state index contributed by atoms with van der Waals surface area (Å²) in [4.78, 5) is 37.8. The molecule has 0 unspecified atom stereocenters. The fourth-order valence-corrected chi connectivity index (χ4v) is 3.41. The molecule has 8 heteroatoms. The van der Waals surface area contributed by atoms with Crippen LogP contribution in [0.4, 0.5) is 10.5 Å². The van der Waals surface area contributed by atoms with Gasteiger partial charge in [-0.2, -0.15) is 0 Å². The molecule has 0 spiro atoms. The highest BCUT2D eigenvalue weighted by molar-refractivity contribution is 8.18. The van der Waals surface area contributed by atoms with Crippen LogP contribution in [0.15, 0.2) is 53.4 Å². The van der Waals surface area contributed by atoms with Gasteiger partial charge in [-0.1, -0.05) is 24.3 Å². The maximum atomic E-state index is 12.6. The Balaban J connectivity index is 1.70. The molecule has 3 rings (SSSR count). The summed E-state index contributed by atoms with van der Waals surface area (Å²) in [5.41, 5.74) is 1.80. The number of nitrogens with one attached hydrogen (secondary N) is 1. The molecule has 7 nitrogen and oxygen atoms in total. The first-order chi connectivity index (χ1) is 13.5. The second-order valence-electron chi connectivity index (χ2n) is 5.76. The van der Waals surface area contributed by atoms with E-state index in [2.05, 4.69) is 10.1 Å². The summed E-state index contributed by atoms with van der Waals surface area (Å²) in [5.74, 6) is -0.195. The van der Waals surface area contributed by atoms with E-state index >= 15 is 0 Å². The number of imide groups is 1. The molecule has 2 aromatic rings. The van der Waals surface area contributed by atoms with Crippen LogP contribution < -0.4 is 10.1 Å². The molecule has 0 radical (unpaired) electrons. The number of esters is 1. The Morgan fingerprint density at radius 2 is 1.82 bits per heavy atom. The number of hydrogen-bond donors (Lipinski definition) is 1. The third-order valence-electron chi connectivity index (χ3n) is 4.04. The van der Waals surface area contributed by atoms with Gasteiger partial charge in [0, 0.05) is 0 Å². The van der Waals surface area contributed by atoms with E-state index in [4.69, 9.17) is 4.74 Å². The largest absolute Gasteiger partial charge is 0.495 e. The molecule has 0 aliphatic carbocycles. The van der Waals surface area contributed by atoms with Crippen molar-refractivity contribution in [2.75, 3.05) is 26.2 Å². The average molecular weight is 398 g/mol. The van der Waals surface area contributed by atoms with Crippen LogP contribution in [0.25, 0.3) is 6.08 Å². The third-order valence-corrected chi connectivity index (χ3v) is 4.95. The van der Waals surface area contributed by atoms with Crippen LogP contribution in [-0.4, -0.2) is 42.9 Å². The summed E-state index contributed by atoms with van der Waals surface area (Å²) >= 11 is 0.872. The molecule has 0 saturated carbocycles. The van der Waals surface area contributed by atoms with Crippen molar-refractivity contribution >= 4 is 40.6 Å². The number of para-hydroxylation sites is 2. The van der Waals surface area contributed by atoms with Gasteiger partial charge in [0.25, 0.3) is 11.1 Å². The summed E-state index contributed by atoms with van der Waals surface area (Å²) in [7, 11) is 2.86. The molecule has 28 heavy (non-hydrogen) atoms. The number of carbonyl (C=O) groups excluding carboxylic acids is 3. The second-order valence-corrected chi connectivity index (χ2v) is 6.75. The van der Waals surface area contributed by atoms with Crippen LogP contribution in [0.5, 0.6) is 5.75 Å². The van der Waals surface area contributed by atoms with E-state index in [9.17, 15) is 14.4 Å². The molecule has 1 heterocycles. The third kappa shape index (κ3) is 4.17. The van der Waals surface area contributed by atoms with Crippen LogP contribution >= 0.6 is 11.8 Å². The highest BCUT2D eigenvalue weighted by atomic mass is 32.2. The number of carbonyl (C=O) groups is 3. The van der Waals surface area contributed by atoms with Crippen molar-refractivity contribution in [3.05, 3.63) is 64.6 Å². The zero-order chi connectivity index (χ0) is 20.1. The molecule has 0 bridgehead atoms. The second kappa shape index (κ2) is 8.62.